The number of hydrogen-bond acceptors (Lipinski definition) is 6. The van der Waals surface area contributed by atoms with Gasteiger partial charge in [-0.1, -0.05) is 28.1 Å². The van der Waals surface area contributed by atoms with Gasteiger partial charge in [-0.3, -0.25) is 14.4 Å². The number of amides is 2. The first kappa shape index (κ1) is 29.9. The van der Waals surface area contributed by atoms with Crippen molar-refractivity contribution in [2.24, 2.45) is 5.41 Å². The van der Waals surface area contributed by atoms with Crippen LogP contribution in [0.3, 0.4) is 0 Å². The summed E-state index contributed by atoms with van der Waals surface area (Å²) in [6.45, 7) is 8.38. The Morgan fingerprint density at radius 2 is 1.98 bits per heavy atom. The highest BCUT2D eigenvalue weighted by Crippen LogP contribution is 2.43. The molecule has 0 unspecified atom stereocenters. The number of nitrogens with one attached hydrogen (secondary N) is 2. The molecule has 1 fully saturated rings. The van der Waals surface area contributed by atoms with Crippen molar-refractivity contribution >= 4 is 27.7 Å². The van der Waals surface area contributed by atoms with Gasteiger partial charge in [0, 0.05) is 16.1 Å². The van der Waals surface area contributed by atoms with E-state index in [9.17, 15) is 19.6 Å². The Bertz CT molecular complexity index is 1580. The van der Waals surface area contributed by atoms with Crippen LogP contribution in [-0.4, -0.2) is 39.0 Å². The van der Waals surface area contributed by atoms with Crippen molar-refractivity contribution < 1.29 is 18.7 Å². The number of halogens is 2. The number of benzene rings is 2. The van der Waals surface area contributed by atoms with E-state index in [1.807, 2.05) is 24.3 Å². The van der Waals surface area contributed by atoms with Crippen molar-refractivity contribution in [1.29, 1.82) is 5.26 Å². The van der Waals surface area contributed by atoms with E-state index < -0.39 is 28.7 Å². The van der Waals surface area contributed by atoms with E-state index in [0.717, 1.165) is 16.1 Å². The summed E-state index contributed by atoms with van der Waals surface area (Å²) in [5, 5.41) is 18.6. The lowest BCUT2D eigenvalue weighted by atomic mass is 9.84. The number of aryl methyl sites for hydroxylation is 2. The largest absolute Gasteiger partial charge is 0.448 e. The van der Waals surface area contributed by atoms with Crippen LogP contribution in [0.2, 0.25) is 0 Å². The van der Waals surface area contributed by atoms with Gasteiger partial charge in [-0.2, -0.15) is 10.4 Å². The monoisotopic (exact) mass is 623 g/mol. The van der Waals surface area contributed by atoms with Crippen molar-refractivity contribution in [3.8, 4) is 17.6 Å². The summed E-state index contributed by atoms with van der Waals surface area (Å²) in [5.41, 5.74) is 0.251. The number of carbonyl (C=O) groups excluding carboxylic acids is 2. The van der Waals surface area contributed by atoms with Crippen LogP contribution in [-0.2, 0) is 4.79 Å². The number of nitriles is 1. The Morgan fingerprint density at radius 3 is 2.63 bits per heavy atom. The number of nitrogens with zero attached hydrogens (tertiary/aromatic N) is 3. The molecule has 41 heavy (non-hydrogen) atoms. The van der Waals surface area contributed by atoms with Crippen LogP contribution in [0.4, 0.5) is 4.39 Å². The number of rotatable bonds is 7. The normalized spacial score (nSPS) is 17.6. The summed E-state index contributed by atoms with van der Waals surface area (Å²) in [4.78, 5) is 40.8. The van der Waals surface area contributed by atoms with Crippen LogP contribution in [0.5, 0.6) is 11.5 Å². The molecule has 9 nitrogen and oxygen atoms in total. The second kappa shape index (κ2) is 11.8. The van der Waals surface area contributed by atoms with E-state index in [4.69, 9.17) is 4.74 Å². The molecule has 1 aromatic heterocycles. The Kier molecular flexibility index (Phi) is 8.63. The predicted octanol–water partition coefficient (Wildman–Crippen LogP) is 5.48. The fraction of sp³-hybridized carbons (Fsp3) is 0.367. The SMILES string of the molecule is Cc1cc(Oc2c(C)cc(C(=O)N[C@H](C)C(=O)N3[C@H](c4cccc(Br)c4)CC[C@@H]3C(C)(C)C#N)cc2F)c(=O)[nH]n1. The number of hydrogen-bond donors (Lipinski definition) is 2. The summed E-state index contributed by atoms with van der Waals surface area (Å²) in [6, 6.07) is 12.2. The van der Waals surface area contributed by atoms with Gasteiger partial charge >= 0.3 is 5.56 Å². The lowest BCUT2D eigenvalue weighted by Crippen LogP contribution is -2.52. The molecule has 1 saturated heterocycles. The summed E-state index contributed by atoms with van der Waals surface area (Å²) in [5.74, 6) is -2.15. The van der Waals surface area contributed by atoms with Gasteiger partial charge in [-0.25, -0.2) is 9.49 Å². The van der Waals surface area contributed by atoms with E-state index in [-0.39, 0.29) is 40.6 Å². The molecule has 0 aliphatic carbocycles. The molecule has 3 aromatic rings. The van der Waals surface area contributed by atoms with Crippen LogP contribution in [0.1, 0.15) is 66.8 Å². The molecule has 3 atom stereocenters. The summed E-state index contributed by atoms with van der Waals surface area (Å²) in [7, 11) is 0. The fourth-order valence-electron chi connectivity index (χ4n) is 5.17. The third kappa shape index (κ3) is 6.33. The second-order valence-corrected chi connectivity index (χ2v) is 11.8. The van der Waals surface area contributed by atoms with Crippen molar-refractivity contribution in [2.75, 3.05) is 0 Å². The minimum Gasteiger partial charge on any atom is -0.448 e. The lowest BCUT2D eigenvalue weighted by Gasteiger charge is -2.38. The smallest absolute Gasteiger partial charge is 0.307 e. The Morgan fingerprint density at radius 1 is 1.24 bits per heavy atom. The quantitative estimate of drug-likeness (QED) is 0.358. The highest BCUT2D eigenvalue weighted by atomic mass is 79.9. The van der Waals surface area contributed by atoms with E-state index in [0.29, 0.717) is 18.5 Å². The van der Waals surface area contributed by atoms with Crippen LogP contribution >= 0.6 is 15.9 Å². The van der Waals surface area contributed by atoms with Gasteiger partial charge in [0.15, 0.2) is 17.3 Å². The number of ether oxygens (including phenoxy) is 1. The highest BCUT2D eigenvalue weighted by molar-refractivity contribution is 9.10. The molecular formula is C30H31BrFN5O4. The van der Waals surface area contributed by atoms with Gasteiger partial charge in [0.2, 0.25) is 5.91 Å². The Hall–Kier alpha value is -4.04. The van der Waals surface area contributed by atoms with Crippen molar-refractivity contribution in [3.63, 3.8) is 0 Å². The molecule has 4 rings (SSSR count). The minimum atomic E-state index is -0.954. The molecule has 2 aromatic carbocycles. The predicted molar refractivity (Wildman–Crippen MR) is 154 cm³/mol. The molecule has 2 N–H and O–H groups in total. The number of H-pyrrole nitrogens is 1. The zero-order valence-corrected chi connectivity index (χ0v) is 25.0. The minimum absolute atomic E-state index is 0.00863. The molecule has 1 aliphatic rings. The van der Waals surface area contributed by atoms with Gasteiger partial charge < -0.3 is 15.0 Å². The summed E-state index contributed by atoms with van der Waals surface area (Å²) < 4.78 is 21.5. The first-order valence-electron chi connectivity index (χ1n) is 13.2. The van der Waals surface area contributed by atoms with Crippen LogP contribution in [0.15, 0.2) is 51.7 Å². The molecular weight excluding hydrogens is 593 g/mol. The third-order valence-corrected chi connectivity index (χ3v) is 7.81. The van der Waals surface area contributed by atoms with Gasteiger partial charge in [-0.15, -0.1) is 0 Å². The first-order valence-corrected chi connectivity index (χ1v) is 14.0. The molecule has 1 aliphatic heterocycles. The number of likely N-dealkylation sites (tertiary alicyclic amines) is 1. The highest BCUT2D eigenvalue weighted by Gasteiger charge is 2.46. The Labute approximate surface area is 245 Å². The van der Waals surface area contributed by atoms with Crippen LogP contribution in [0.25, 0.3) is 0 Å². The van der Waals surface area contributed by atoms with Crippen LogP contribution in [0, 0.1) is 36.4 Å². The average molecular weight is 625 g/mol. The molecule has 2 heterocycles. The Balaban J connectivity index is 1.56. The third-order valence-electron chi connectivity index (χ3n) is 7.31. The summed E-state index contributed by atoms with van der Waals surface area (Å²) >= 11 is 3.49. The van der Waals surface area contributed by atoms with Crippen LogP contribution < -0.4 is 15.6 Å². The van der Waals surface area contributed by atoms with Gasteiger partial charge in [0.05, 0.1) is 29.3 Å². The summed E-state index contributed by atoms with van der Waals surface area (Å²) in [6.07, 6.45) is 1.31. The topological polar surface area (TPSA) is 128 Å². The molecule has 11 heteroatoms. The van der Waals surface area contributed by atoms with Crippen molar-refractivity contribution in [1.82, 2.24) is 20.4 Å². The maximum absolute atomic E-state index is 15.1. The van der Waals surface area contributed by atoms with E-state index in [1.54, 1.807) is 39.5 Å². The fourth-order valence-corrected chi connectivity index (χ4v) is 5.58. The van der Waals surface area contributed by atoms with Gasteiger partial charge in [0.1, 0.15) is 6.04 Å². The number of aromatic nitrogens is 2. The zero-order chi connectivity index (χ0) is 30.1. The average Bonchev–Trinajstić information content (AvgIpc) is 3.38. The maximum Gasteiger partial charge on any atom is 0.307 e. The maximum atomic E-state index is 15.1. The standard InChI is InChI=1S/C30H31BrFN5O4/c1-16-11-20(14-22(32)26(16)41-24-12-17(2)35-36-28(24)39)27(38)34-18(3)29(40)37-23(19-7-6-8-21(31)13-19)9-10-25(37)30(4,5)15-33/h6-8,11-14,18,23,25H,9-10H2,1-5H3,(H,34,38)(H,36,39)/t18-,23+,25-/m1/s1. The van der Waals surface area contributed by atoms with Crippen molar-refractivity contribution in [2.45, 2.75) is 65.6 Å². The molecule has 0 radical (unpaired) electrons. The number of carbonyl (C=O) groups is 2. The second-order valence-electron chi connectivity index (χ2n) is 10.8. The first-order chi connectivity index (χ1) is 19.3. The molecule has 0 spiro atoms. The van der Waals surface area contributed by atoms with Gasteiger partial charge in [-0.05, 0) is 82.9 Å². The molecule has 0 saturated carbocycles. The van der Waals surface area contributed by atoms with Gasteiger partial charge in [0.25, 0.3) is 5.91 Å². The molecule has 2 amide bonds. The van der Waals surface area contributed by atoms with E-state index in [1.165, 1.54) is 12.1 Å². The van der Waals surface area contributed by atoms with Crippen molar-refractivity contribution in [3.05, 3.63) is 85.5 Å². The van der Waals surface area contributed by atoms with E-state index in [2.05, 4.69) is 37.5 Å². The molecule has 214 valence electrons. The molecule has 0 bridgehead atoms. The lowest BCUT2D eigenvalue weighted by molar-refractivity contribution is -0.137. The zero-order valence-electron chi connectivity index (χ0n) is 23.4. The number of aromatic amines is 1. The van der Waals surface area contributed by atoms with E-state index >= 15 is 4.39 Å².